The van der Waals surface area contributed by atoms with Gasteiger partial charge in [0, 0.05) is 12.1 Å². The van der Waals surface area contributed by atoms with Crippen molar-refractivity contribution >= 4 is 15.9 Å². The Bertz CT molecular complexity index is 1080. The first-order chi connectivity index (χ1) is 13.3. The zero-order chi connectivity index (χ0) is 20.1. The molecule has 0 aliphatic carbocycles. The largest absolute Gasteiger partial charge is 0.354 e. The Morgan fingerprint density at radius 3 is 2.54 bits per heavy atom. The molecule has 1 heterocycles. The average Bonchev–Trinajstić information content (AvgIpc) is 3.10. The van der Waals surface area contributed by atoms with Gasteiger partial charge in [-0.05, 0) is 41.8 Å². The molecule has 9 nitrogen and oxygen atoms in total. The van der Waals surface area contributed by atoms with Crippen LogP contribution in [0.1, 0.15) is 11.1 Å². The van der Waals surface area contributed by atoms with Crippen LogP contribution in [0, 0.1) is 6.92 Å². The number of sulfonamides is 1. The second kappa shape index (κ2) is 8.28. The SMILES string of the molecule is Cc1ccccc1-c1nnn(CC(=O)NCCc2ccc(S(N)(=O)=O)cc2)n1. The van der Waals surface area contributed by atoms with E-state index < -0.39 is 10.0 Å². The molecular formula is C18H20N6O3S. The second-order valence-corrected chi connectivity index (χ2v) is 7.81. The highest BCUT2D eigenvalue weighted by molar-refractivity contribution is 7.89. The normalized spacial score (nSPS) is 11.4. The highest BCUT2D eigenvalue weighted by Crippen LogP contribution is 2.17. The summed E-state index contributed by atoms with van der Waals surface area (Å²) in [4.78, 5) is 13.4. The topological polar surface area (TPSA) is 133 Å². The van der Waals surface area contributed by atoms with Crippen molar-refractivity contribution in [2.24, 2.45) is 5.14 Å². The minimum Gasteiger partial charge on any atom is -0.354 e. The van der Waals surface area contributed by atoms with Gasteiger partial charge in [0.1, 0.15) is 6.54 Å². The third-order valence-corrected chi connectivity index (χ3v) is 5.04. The van der Waals surface area contributed by atoms with Crippen LogP contribution in [0.5, 0.6) is 0 Å². The fourth-order valence-electron chi connectivity index (χ4n) is 2.62. The monoisotopic (exact) mass is 400 g/mol. The van der Waals surface area contributed by atoms with Gasteiger partial charge in [0.2, 0.25) is 21.8 Å². The quantitative estimate of drug-likeness (QED) is 0.598. The third-order valence-electron chi connectivity index (χ3n) is 4.11. The van der Waals surface area contributed by atoms with E-state index in [4.69, 9.17) is 5.14 Å². The number of primary sulfonamides is 1. The van der Waals surface area contributed by atoms with E-state index in [1.165, 1.54) is 16.9 Å². The summed E-state index contributed by atoms with van der Waals surface area (Å²) in [6.45, 7) is 2.31. The first kappa shape index (κ1) is 19.6. The van der Waals surface area contributed by atoms with E-state index in [-0.39, 0.29) is 17.3 Å². The molecule has 28 heavy (non-hydrogen) atoms. The Morgan fingerprint density at radius 2 is 1.86 bits per heavy atom. The lowest BCUT2D eigenvalue weighted by Gasteiger charge is -2.05. The summed E-state index contributed by atoms with van der Waals surface area (Å²) < 4.78 is 22.5. The summed E-state index contributed by atoms with van der Waals surface area (Å²) in [5.41, 5.74) is 2.78. The van der Waals surface area contributed by atoms with E-state index in [0.717, 1.165) is 16.7 Å². The zero-order valence-corrected chi connectivity index (χ0v) is 16.1. The number of nitrogens with zero attached hydrogens (tertiary/aromatic N) is 4. The van der Waals surface area contributed by atoms with Crippen molar-refractivity contribution in [1.29, 1.82) is 0 Å². The summed E-state index contributed by atoms with van der Waals surface area (Å²) in [6, 6.07) is 13.9. The lowest BCUT2D eigenvalue weighted by Crippen LogP contribution is -2.30. The summed E-state index contributed by atoms with van der Waals surface area (Å²) in [6.07, 6.45) is 0.551. The molecule has 0 radical (unpaired) electrons. The smallest absolute Gasteiger partial charge is 0.243 e. The number of carbonyl (C=O) groups is 1. The number of benzene rings is 2. The van der Waals surface area contributed by atoms with Crippen LogP contribution in [0.2, 0.25) is 0 Å². The predicted octanol–water partition coefficient (Wildman–Crippen LogP) is 0.655. The number of aryl methyl sites for hydroxylation is 1. The lowest BCUT2D eigenvalue weighted by molar-refractivity contribution is -0.122. The Labute approximate surface area is 162 Å². The van der Waals surface area contributed by atoms with Gasteiger partial charge < -0.3 is 5.32 Å². The molecule has 3 N–H and O–H groups in total. The third kappa shape index (κ3) is 4.99. The highest BCUT2D eigenvalue weighted by Gasteiger charge is 2.11. The molecule has 0 aliphatic rings. The zero-order valence-electron chi connectivity index (χ0n) is 15.2. The van der Waals surface area contributed by atoms with E-state index in [1.54, 1.807) is 12.1 Å². The van der Waals surface area contributed by atoms with Crippen LogP contribution in [0.3, 0.4) is 0 Å². The maximum Gasteiger partial charge on any atom is 0.243 e. The summed E-state index contributed by atoms with van der Waals surface area (Å²) in [5, 5.41) is 20.0. The fraction of sp³-hybridized carbons (Fsp3) is 0.222. The number of aromatic nitrogens is 4. The number of tetrazole rings is 1. The molecule has 0 saturated carbocycles. The molecule has 0 saturated heterocycles. The van der Waals surface area contributed by atoms with Gasteiger partial charge in [-0.1, -0.05) is 36.4 Å². The lowest BCUT2D eigenvalue weighted by atomic mass is 10.1. The van der Waals surface area contributed by atoms with E-state index in [9.17, 15) is 13.2 Å². The van der Waals surface area contributed by atoms with Crippen LogP contribution >= 0.6 is 0 Å². The van der Waals surface area contributed by atoms with Crippen LogP contribution < -0.4 is 10.5 Å². The molecular weight excluding hydrogens is 380 g/mol. The number of rotatable bonds is 7. The molecule has 0 fully saturated rings. The van der Waals surface area contributed by atoms with Crippen LogP contribution in [0.15, 0.2) is 53.4 Å². The molecule has 2 aromatic carbocycles. The van der Waals surface area contributed by atoms with E-state index in [2.05, 4.69) is 20.7 Å². The van der Waals surface area contributed by atoms with Gasteiger partial charge in [-0.15, -0.1) is 10.2 Å². The van der Waals surface area contributed by atoms with E-state index >= 15 is 0 Å². The first-order valence-corrected chi connectivity index (χ1v) is 10.1. The maximum atomic E-state index is 12.1. The number of amides is 1. The summed E-state index contributed by atoms with van der Waals surface area (Å²) in [7, 11) is -3.70. The number of hydrogen-bond acceptors (Lipinski definition) is 6. The van der Waals surface area contributed by atoms with Crippen molar-refractivity contribution in [3.8, 4) is 11.4 Å². The molecule has 0 spiro atoms. The maximum absolute atomic E-state index is 12.1. The Balaban J connectivity index is 1.51. The minimum absolute atomic E-state index is 0.0385. The molecule has 3 aromatic rings. The van der Waals surface area contributed by atoms with Crippen molar-refractivity contribution in [2.45, 2.75) is 24.8 Å². The van der Waals surface area contributed by atoms with Crippen LogP contribution in [0.25, 0.3) is 11.4 Å². The van der Waals surface area contributed by atoms with E-state index in [1.807, 2.05) is 31.2 Å². The van der Waals surface area contributed by atoms with Crippen molar-refractivity contribution in [3.63, 3.8) is 0 Å². The van der Waals surface area contributed by atoms with Crippen LogP contribution in [-0.2, 0) is 27.8 Å². The number of nitrogens with one attached hydrogen (secondary N) is 1. The van der Waals surface area contributed by atoms with Gasteiger partial charge in [0.15, 0.2) is 0 Å². The van der Waals surface area contributed by atoms with Gasteiger partial charge in [0.25, 0.3) is 0 Å². The van der Waals surface area contributed by atoms with Gasteiger partial charge in [-0.3, -0.25) is 4.79 Å². The predicted molar refractivity (Wildman–Crippen MR) is 103 cm³/mol. The van der Waals surface area contributed by atoms with Crippen molar-refractivity contribution in [1.82, 2.24) is 25.5 Å². The van der Waals surface area contributed by atoms with Gasteiger partial charge in [-0.25, -0.2) is 13.6 Å². The first-order valence-electron chi connectivity index (χ1n) is 8.55. The van der Waals surface area contributed by atoms with Gasteiger partial charge in [0.05, 0.1) is 4.90 Å². The van der Waals surface area contributed by atoms with Crippen LogP contribution in [0.4, 0.5) is 0 Å². The van der Waals surface area contributed by atoms with Crippen molar-refractivity contribution in [3.05, 3.63) is 59.7 Å². The van der Waals surface area contributed by atoms with Gasteiger partial charge in [-0.2, -0.15) is 4.80 Å². The number of nitrogens with two attached hydrogens (primary N) is 1. The summed E-state index contributed by atoms with van der Waals surface area (Å²) >= 11 is 0. The standard InChI is InChI=1S/C18H20N6O3S/c1-13-4-2-3-5-16(13)18-21-23-24(22-18)12-17(25)20-11-10-14-6-8-15(9-7-14)28(19,26)27/h2-9H,10-12H2,1H3,(H,20,25)(H2,19,26,27). The minimum atomic E-state index is -3.70. The van der Waals surface area contributed by atoms with Gasteiger partial charge >= 0.3 is 0 Å². The molecule has 1 amide bonds. The molecule has 0 aliphatic heterocycles. The molecule has 10 heteroatoms. The van der Waals surface area contributed by atoms with Crippen molar-refractivity contribution in [2.75, 3.05) is 6.54 Å². The Morgan fingerprint density at radius 1 is 1.14 bits per heavy atom. The van der Waals surface area contributed by atoms with Crippen molar-refractivity contribution < 1.29 is 13.2 Å². The molecule has 0 atom stereocenters. The number of hydrogen-bond donors (Lipinski definition) is 2. The fourth-order valence-corrected chi connectivity index (χ4v) is 3.13. The number of carbonyl (C=O) groups excluding carboxylic acids is 1. The molecule has 1 aromatic heterocycles. The molecule has 0 bridgehead atoms. The highest BCUT2D eigenvalue weighted by atomic mass is 32.2. The average molecular weight is 400 g/mol. The van der Waals surface area contributed by atoms with E-state index in [0.29, 0.717) is 18.8 Å². The molecule has 0 unspecified atom stereocenters. The second-order valence-electron chi connectivity index (χ2n) is 6.25. The molecule has 3 rings (SSSR count). The van der Waals surface area contributed by atoms with Crippen LogP contribution in [-0.4, -0.2) is 41.1 Å². The Kier molecular flexibility index (Phi) is 5.81. The molecule has 146 valence electrons. The summed E-state index contributed by atoms with van der Waals surface area (Å²) in [5.74, 6) is 0.232. The Hall–Kier alpha value is -3.11.